The average Bonchev–Trinajstić information content (AvgIpc) is 2.45. The molecule has 0 saturated heterocycles. The van der Waals surface area contributed by atoms with Gasteiger partial charge in [-0.2, -0.15) is 13.2 Å². The van der Waals surface area contributed by atoms with Crippen LogP contribution in [0.5, 0.6) is 5.75 Å². The number of hydrogen-bond donors (Lipinski definition) is 1. The van der Waals surface area contributed by atoms with Crippen LogP contribution in [-0.4, -0.2) is 33.0 Å². The van der Waals surface area contributed by atoms with E-state index < -0.39 is 12.6 Å². The predicted octanol–water partition coefficient (Wildman–Crippen LogP) is 3.70. The number of methoxy groups -OCH3 is 1. The maximum absolute atomic E-state index is 12.1. The molecule has 6 heteroatoms. The van der Waals surface area contributed by atoms with E-state index in [1.165, 1.54) is 0 Å². The normalized spacial score (nSPS) is 13.2. The number of likely N-dealkylation sites (N-methyl/N-ethyl adjacent to an activating group) is 1. The van der Waals surface area contributed by atoms with Crippen LogP contribution >= 0.6 is 0 Å². The molecule has 0 bridgehead atoms. The Hall–Kier alpha value is -1.27. The summed E-state index contributed by atoms with van der Waals surface area (Å²) >= 11 is 0. The van der Waals surface area contributed by atoms with Gasteiger partial charge < -0.3 is 14.8 Å². The maximum Gasteiger partial charge on any atom is 0.389 e. The van der Waals surface area contributed by atoms with Crippen molar-refractivity contribution in [1.29, 1.82) is 0 Å². The van der Waals surface area contributed by atoms with Gasteiger partial charge in [0.25, 0.3) is 0 Å². The molecule has 0 spiro atoms. The summed E-state index contributed by atoms with van der Waals surface area (Å²) in [6.45, 7) is 3.36. The molecule has 1 aromatic rings. The molecule has 0 aliphatic rings. The van der Waals surface area contributed by atoms with Crippen LogP contribution in [0.4, 0.5) is 13.2 Å². The first-order valence-electron chi connectivity index (χ1n) is 6.99. The molecule has 21 heavy (non-hydrogen) atoms. The molecule has 3 nitrogen and oxygen atoms in total. The molecule has 0 radical (unpaired) electrons. The van der Waals surface area contributed by atoms with Crippen molar-refractivity contribution in [3.63, 3.8) is 0 Å². The third kappa shape index (κ3) is 7.34. The zero-order valence-electron chi connectivity index (χ0n) is 12.4. The molecule has 1 rings (SSSR count). The lowest BCUT2D eigenvalue weighted by Gasteiger charge is -2.19. The first kappa shape index (κ1) is 17.8. The topological polar surface area (TPSA) is 30.5 Å². The van der Waals surface area contributed by atoms with Crippen LogP contribution in [0.2, 0.25) is 0 Å². The SMILES string of the molecule is CCNCC(OCCCC(F)(F)F)c1cccc(OC)c1. The fourth-order valence-electron chi connectivity index (χ4n) is 1.89. The third-order valence-electron chi connectivity index (χ3n) is 2.97. The molecule has 1 atom stereocenters. The Morgan fingerprint density at radius 3 is 2.67 bits per heavy atom. The molecule has 1 aromatic carbocycles. The molecule has 0 aliphatic carbocycles. The van der Waals surface area contributed by atoms with E-state index in [1.54, 1.807) is 7.11 Å². The lowest BCUT2D eigenvalue weighted by molar-refractivity contribution is -0.138. The highest BCUT2D eigenvalue weighted by Gasteiger charge is 2.26. The zero-order valence-corrected chi connectivity index (χ0v) is 12.4. The molecule has 0 fully saturated rings. The quantitative estimate of drug-likeness (QED) is 0.706. The molecular weight excluding hydrogens is 283 g/mol. The van der Waals surface area contributed by atoms with E-state index in [4.69, 9.17) is 9.47 Å². The molecule has 0 aliphatic heterocycles. The Bertz CT molecular complexity index is 410. The summed E-state index contributed by atoms with van der Waals surface area (Å²) in [4.78, 5) is 0. The van der Waals surface area contributed by atoms with Crippen LogP contribution in [0.15, 0.2) is 24.3 Å². The van der Waals surface area contributed by atoms with Gasteiger partial charge in [0.05, 0.1) is 13.2 Å². The zero-order chi connectivity index (χ0) is 15.7. The van der Waals surface area contributed by atoms with Crippen molar-refractivity contribution in [2.24, 2.45) is 0 Å². The second-order valence-electron chi connectivity index (χ2n) is 4.66. The first-order chi connectivity index (χ1) is 9.96. The van der Waals surface area contributed by atoms with Gasteiger partial charge in [-0.1, -0.05) is 19.1 Å². The van der Waals surface area contributed by atoms with Gasteiger partial charge in [-0.05, 0) is 30.7 Å². The van der Waals surface area contributed by atoms with Crippen LogP contribution in [-0.2, 0) is 4.74 Å². The standard InChI is InChI=1S/C15H22F3NO2/c1-3-19-11-14(21-9-5-8-15(16,17)18)12-6-4-7-13(10-12)20-2/h4,6-7,10,14,19H,3,5,8-9,11H2,1-2H3. The van der Waals surface area contributed by atoms with Crippen molar-refractivity contribution in [3.8, 4) is 5.75 Å². The lowest BCUT2D eigenvalue weighted by atomic mass is 10.1. The number of rotatable bonds is 9. The molecule has 0 aromatic heterocycles. The number of halogens is 3. The number of nitrogens with one attached hydrogen (secondary N) is 1. The van der Waals surface area contributed by atoms with Gasteiger partial charge in [0.1, 0.15) is 5.75 Å². The number of benzene rings is 1. The van der Waals surface area contributed by atoms with Crippen LogP contribution in [0, 0.1) is 0 Å². The van der Waals surface area contributed by atoms with Crippen LogP contribution < -0.4 is 10.1 Å². The summed E-state index contributed by atoms with van der Waals surface area (Å²) < 4.78 is 47.1. The van der Waals surface area contributed by atoms with E-state index in [0.29, 0.717) is 12.3 Å². The van der Waals surface area contributed by atoms with E-state index in [2.05, 4.69) is 5.32 Å². The average molecular weight is 305 g/mol. The lowest BCUT2D eigenvalue weighted by Crippen LogP contribution is -2.23. The van der Waals surface area contributed by atoms with E-state index in [1.807, 2.05) is 31.2 Å². The van der Waals surface area contributed by atoms with Crippen molar-refractivity contribution in [2.45, 2.75) is 32.0 Å². The second-order valence-corrected chi connectivity index (χ2v) is 4.66. The molecule has 0 saturated carbocycles. The molecule has 1 unspecified atom stereocenters. The van der Waals surface area contributed by atoms with Gasteiger partial charge in [0.15, 0.2) is 0 Å². The molecule has 120 valence electrons. The Morgan fingerprint density at radius 2 is 2.05 bits per heavy atom. The summed E-state index contributed by atoms with van der Waals surface area (Å²) in [6.07, 6.45) is -5.26. The summed E-state index contributed by atoms with van der Waals surface area (Å²) in [5.74, 6) is 0.702. The smallest absolute Gasteiger partial charge is 0.389 e. The predicted molar refractivity (Wildman–Crippen MR) is 75.5 cm³/mol. The van der Waals surface area contributed by atoms with Gasteiger partial charge in [-0.3, -0.25) is 0 Å². The van der Waals surface area contributed by atoms with Gasteiger partial charge in [-0.15, -0.1) is 0 Å². The van der Waals surface area contributed by atoms with Gasteiger partial charge in [0.2, 0.25) is 0 Å². The van der Waals surface area contributed by atoms with Crippen LogP contribution in [0.3, 0.4) is 0 Å². The van der Waals surface area contributed by atoms with Crippen molar-refractivity contribution in [2.75, 3.05) is 26.8 Å². The fourth-order valence-corrected chi connectivity index (χ4v) is 1.89. The third-order valence-corrected chi connectivity index (χ3v) is 2.97. The largest absolute Gasteiger partial charge is 0.497 e. The van der Waals surface area contributed by atoms with Crippen molar-refractivity contribution < 1.29 is 22.6 Å². The molecule has 1 N–H and O–H groups in total. The number of hydrogen-bond acceptors (Lipinski definition) is 3. The van der Waals surface area contributed by atoms with E-state index >= 15 is 0 Å². The summed E-state index contributed by atoms with van der Waals surface area (Å²) in [6, 6.07) is 7.38. The minimum absolute atomic E-state index is 0.0317. The summed E-state index contributed by atoms with van der Waals surface area (Å²) in [5, 5.41) is 3.15. The Morgan fingerprint density at radius 1 is 1.29 bits per heavy atom. The highest BCUT2D eigenvalue weighted by Crippen LogP contribution is 2.24. The highest BCUT2D eigenvalue weighted by atomic mass is 19.4. The van der Waals surface area contributed by atoms with Crippen molar-refractivity contribution in [1.82, 2.24) is 5.32 Å². The van der Waals surface area contributed by atoms with E-state index in [0.717, 1.165) is 12.1 Å². The van der Waals surface area contributed by atoms with Gasteiger partial charge in [0, 0.05) is 19.6 Å². The van der Waals surface area contributed by atoms with E-state index in [-0.39, 0.29) is 19.1 Å². The first-order valence-corrected chi connectivity index (χ1v) is 6.99. The van der Waals surface area contributed by atoms with Crippen LogP contribution in [0.1, 0.15) is 31.4 Å². The fraction of sp³-hybridized carbons (Fsp3) is 0.600. The number of alkyl halides is 3. The Kier molecular flexibility index (Phi) is 7.53. The Labute approximate surface area is 123 Å². The van der Waals surface area contributed by atoms with Crippen LogP contribution in [0.25, 0.3) is 0 Å². The van der Waals surface area contributed by atoms with Crippen molar-refractivity contribution in [3.05, 3.63) is 29.8 Å². The van der Waals surface area contributed by atoms with Gasteiger partial charge in [-0.25, -0.2) is 0 Å². The van der Waals surface area contributed by atoms with E-state index in [9.17, 15) is 13.2 Å². The van der Waals surface area contributed by atoms with Gasteiger partial charge >= 0.3 is 6.18 Å². The monoisotopic (exact) mass is 305 g/mol. The number of ether oxygens (including phenoxy) is 2. The molecule has 0 amide bonds. The molecular formula is C15H22F3NO2. The van der Waals surface area contributed by atoms with Crippen molar-refractivity contribution >= 4 is 0 Å². The minimum Gasteiger partial charge on any atom is -0.497 e. The Balaban J connectivity index is 2.58. The minimum atomic E-state index is -4.13. The highest BCUT2D eigenvalue weighted by molar-refractivity contribution is 5.30. The maximum atomic E-state index is 12.1. The second kappa shape index (κ2) is 8.89. The molecule has 0 heterocycles. The summed E-state index contributed by atoms with van der Waals surface area (Å²) in [5.41, 5.74) is 0.891. The summed E-state index contributed by atoms with van der Waals surface area (Å²) in [7, 11) is 1.57.